The lowest BCUT2D eigenvalue weighted by Crippen LogP contribution is -2.45. The topological polar surface area (TPSA) is 120 Å². The SMILES string of the molecule is Cc1ccncc1NC(=O)N(CCCS(=O)(=O)NCCc1ccn[nH]1)C1CCCCC1. The fourth-order valence-electron chi connectivity index (χ4n) is 3.89. The summed E-state index contributed by atoms with van der Waals surface area (Å²) in [5.41, 5.74) is 2.51. The zero-order valence-corrected chi connectivity index (χ0v) is 18.8. The number of nitrogens with zero attached hydrogens (tertiary/aromatic N) is 3. The lowest BCUT2D eigenvalue weighted by molar-refractivity contribution is 0.167. The van der Waals surface area contributed by atoms with E-state index < -0.39 is 10.0 Å². The Kier molecular flexibility index (Phi) is 8.42. The molecular weight excluding hydrogens is 416 g/mol. The first-order valence-electron chi connectivity index (χ1n) is 10.9. The van der Waals surface area contributed by atoms with Gasteiger partial charge in [-0.05, 0) is 43.9 Å². The van der Waals surface area contributed by atoms with Gasteiger partial charge in [0.15, 0.2) is 0 Å². The zero-order chi connectivity index (χ0) is 22.1. The lowest BCUT2D eigenvalue weighted by Gasteiger charge is -2.34. The highest BCUT2D eigenvalue weighted by Gasteiger charge is 2.26. The fourth-order valence-corrected chi connectivity index (χ4v) is 4.95. The van der Waals surface area contributed by atoms with E-state index in [-0.39, 0.29) is 17.8 Å². The molecule has 0 aromatic carbocycles. The van der Waals surface area contributed by atoms with Crippen molar-refractivity contribution in [3.63, 3.8) is 0 Å². The average molecular weight is 449 g/mol. The quantitative estimate of drug-likeness (QED) is 0.516. The third-order valence-electron chi connectivity index (χ3n) is 5.64. The minimum absolute atomic E-state index is 0.0155. The molecule has 3 rings (SSSR count). The Hall–Kier alpha value is -2.46. The number of carbonyl (C=O) groups excluding carboxylic acids is 1. The van der Waals surface area contributed by atoms with Crippen molar-refractivity contribution in [2.45, 2.75) is 57.9 Å². The van der Waals surface area contributed by atoms with Gasteiger partial charge in [0.25, 0.3) is 0 Å². The molecule has 2 aromatic rings. The number of aryl methyl sites for hydroxylation is 1. The molecule has 1 saturated carbocycles. The predicted molar refractivity (Wildman–Crippen MR) is 120 cm³/mol. The van der Waals surface area contributed by atoms with Crippen molar-refractivity contribution in [2.75, 3.05) is 24.2 Å². The van der Waals surface area contributed by atoms with Crippen LogP contribution >= 0.6 is 0 Å². The first kappa shape index (κ1) is 23.2. The van der Waals surface area contributed by atoms with Crippen LogP contribution in [-0.2, 0) is 16.4 Å². The molecule has 10 heteroatoms. The Morgan fingerprint density at radius 2 is 2.03 bits per heavy atom. The van der Waals surface area contributed by atoms with Gasteiger partial charge in [0.2, 0.25) is 10.0 Å². The summed E-state index contributed by atoms with van der Waals surface area (Å²) in [6, 6.07) is 3.62. The Bertz CT molecular complexity index is 926. The van der Waals surface area contributed by atoms with Crippen LogP contribution in [0.5, 0.6) is 0 Å². The van der Waals surface area contributed by atoms with Gasteiger partial charge in [0, 0.05) is 43.6 Å². The van der Waals surface area contributed by atoms with Gasteiger partial charge in [-0.15, -0.1) is 0 Å². The number of anilines is 1. The summed E-state index contributed by atoms with van der Waals surface area (Å²) in [5, 5.41) is 9.62. The van der Waals surface area contributed by atoms with E-state index in [2.05, 4.69) is 25.2 Å². The van der Waals surface area contributed by atoms with E-state index in [1.54, 1.807) is 18.6 Å². The van der Waals surface area contributed by atoms with Crippen molar-refractivity contribution in [2.24, 2.45) is 0 Å². The molecule has 0 radical (unpaired) electrons. The molecule has 2 heterocycles. The molecule has 31 heavy (non-hydrogen) atoms. The van der Waals surface area contributed by atoms with E-state index in [1.807, 2.05) is 24.0 Å². The number of aromatic amines is 1. The first-order valence-corrected chi connectivity index (χ1v) is 12.5. The van der Waals surface area contributed by atoms with Crippen LogP contribution in [-0.4, -0.2) is 59.4 Å². The highest BCUT2D eigenvalue weighted by molar-refractivity contribution is 7.89. The van der Waals surface area contributed by atoms with Gasteiger partial charge in [0.1, 0.15) is 0 Å². The molecule has 0 bridgehead atoms. The summed E-state index contributed by atoms with van der Waals surface area (Å²) < 4.78 is 27.3. The van der Waals surface area contributed by atoms with Gasteiger partial charge >= 0.3 is 6.03 Å². The summed E-state index contributed by atoms with van der Waals surface area (Å²) in [7, 11) is -3.41. The van der Waals surface area contributed by atoms with Gasteiger partial charge < -0.3 is 10.2 Å². The molecule has 0 aliphatic heterocycles. The van der Waals surface area contributed by atoms with Crippen LogP contribution in [0.25, 0.3) is 0 Å². The number of nitrogens with one attached hydrogen (secondary N) is 3. The average Bonchev–Trinajstić information content (AvgIpc) is 3.27. The summed E-state index contributed by atoms with van der Waals surface area (Å²) in [6.07, 6.45) is 11.2. The molecule has 1 aliphatic carbocycles. The molecule has 3 N–H and O–H groups in total. The monoisotopic (exact) mass is 448 g/mol. The van der Waals surface area contributed by atoms with Gasteiger partial charge in [0.05, 0.1) is 17.6 Å². The molecule has 2 amide bonds. The van der Waals surface area contributed by atoms with E-state index in [0.29, 0.717) is 31.6 Å². The number of pyridine rings is 1. The molecule has 0 spiro atoms. The third-order valence-corrected chi connectivity index (χ3v) is 7.11. The number of sulfonamides is 1. The molecule has 2 aromatic heterocycles. The summed E-state index contributed by atoms with van der Waals surface area (Å²) >= 11 is 0. The number of carbonyl (C=O) groups is 1. The standard InChI is InChI=1S/C21H32N6O3S/c1-17-8-11-22-16-20(17)25-21(28)27(19-6-3-2-4-7-19)14-5-15-31(29,30)24-13-10-18-9-12-23-26-18/h8-9,11-12,16,19,24H,2-7,10,13-15H2,1H3,(H,23,26)(H,25,28). The van der Waals surface area contributed by atoms with Crippen LogP contribution in [0.15, 0.2) is 30.7 Å². The fraction of sp³-hybridized carbons (Fsp3) is 0.571. The first-order chi connectivity index (χ1) is 14.9. The zero-order valence-electron chi connectivity index (χ0n) is 18.0. The van der Waals surface area contributed by atoms with Crippen LogP contribution in [0.1, 0.15) is 49.8 Å². The van der Waals surface area contributed by atoms with Crippen molar-refractivity contribution in [1.82, 2.24) is 24.8 Å². The largest absolute Gasteiger partial charge is 0.322 e. The molecule has 1 fully saturated rings. The van der Waals surface area contributed by atoms with Crippen LogP contribution < -0.4 is 10.0 Å². The molecule has 0 saturated heterocycles. The summed E-state index contributed by atoms with van der Waals surface area (Å²) in [6.45, 7) is 2.64. The smallest absolute Gasteiger partial charge is 0.322 e. The van der Waals surface area contributed by atoms with E-state index >= 15 is 0 Å². The highest BCUT2D eigenvalue weighted by atomic mass is 32.2. The minimum atomic E-state index is -3.41. The van der Waals surface area contributed by atoms with Crippen LogP contribution in [0, 0.1) is 6.92 Å². The third kappa shape index (κ3) is 7.32. The Morgan fingerprint density at radius 3 is 2.74 bits per heavy atom. The lowest BCUT2D eigenvalue weighted by atomic mass is 9.94. The summed E-state index contributed by atoms with van der Waals surface area (Å²) in [5.74, 6) is -0.0155. The predicted octanol–water partition coefficient (Wildman–Crippen LogP) is 2.83. The minimum Gasteiger partial charge on any atom is -0.322 e. The Balaban J connectivity index is 1.54. The number of H-pyrrole nitrogens is 1. The Morgan fingerprint density at radius 1 is 1.23 bits per heavy atom. The number of hydrogen-bond donors (Lipinski definition) is 3. The second kappa shape index (κ2) is 11.2. The van der Waals surface area contributed by atoms with Crippen LogP contribution in [0.2, 0.25) is 0 Å². The van der Waals surface area contributed by atoms with E-state index in [1.165, 1.54) is 6.42 Å². The van der Waals surface area contributed by atoms with E-state index in [4.69, 9.17) is 0 Å². The number of amides is 2. The molecule has 170 valence electrons. The normalized spacial score (nSPS) is 15.0. The van der Waals surface area contributed by atoms with E-state index in [9.17, 15) is 13.2 Å². The van der Waals surface area contributed by atoms with Crippen LogP contribution in [0.4, 0.5) is 10.5 Å². The summed E-state index contributed by atoms with van der Waals surface area (Å²) in [4.78, 5) is 18.9. The van der Waals surface area contributed by atoms with Crippen molar-refractivity contribution in [3.05, 3.63) is 42.0 Å². The maximum atomic E-state index is 13.0. The van der Waals surface area contributed by atoms with Gasteiger partial charge in [-0.25, -0.2) is 17.9 Å². The number of hydrogen-bond acceptors (Lipinski definition) is 5. The van der Waals surface area contributed by atoms with Crippen molar-refractivity contribution >= 4 is 21.7 Å². The number of urea groups is 1. The van der Waals surface area contributed by atoms with E-state index in [0.717, 1.165) is 36.9 Å². The molecule has 0 atom stereocenters. The number of aromatic nitrogens is 3. The number of rotatable bonds is 10. The second-order valence-electron chi connectivity index (χ2n) is 8.00. The molecule has 1 aliphatic rings. The molecular formula is C21H32N6O3S. The van der Waals surface area contributed by atoms with Crippen molar-refractivity contribution < 1.29 is 13.2 Å². The molecule has 9 nitrogen and oxygen atoms in total. The maximum absolute atomic E-state index is 13.0. The van der Waals surface area contributed by atoms with Gasteiger partial charge in [-0.2, -0.15) is 5.10 Å². The van der Waals surface area contributed by atoms with Crippen molar-refractivity contribution in [1.29, 1.82) is 0 Å². The second-order valence-corrected chi connectivity index (χ2v) is 9.93. The Labute approximate surface area is 184 Å². The highest BCUT2D eigenvalue weighted by Crippen LogP contribution is 2.24. The van der Waals surface area contributed by atoms with Gasteiger partial charge in [-0.3, -0.25) is 10.1 Å². The molecule has 0 unspecified atom stereocenters. The maximum Gasteiger partial charge on any atom is 0.322 e. The van der Waals surface area contributed by atoms with Crippen LogP contribution in [0.3, 0.4) is 0 Å². The van der Waals surface area contributed by atoms with Gasteiger partial charge in [-0.1, -0.05) is 19.3 Å². The van der Waals surface area contributed by atoms with Crippen molar-refractivity contribution in [3.8, 4) is 0 Å².